The van der Waals surface area contributed by atoms with Crippen LogP contribution in [0.3, 0.4) is 0 Å². The average Bonchev–Trinajstić information content (AvgIpc) is 3.16. The molecule has 0 amide bonds. The normalized spacial score (nSPS) is 19.0. The van der Waals surface area contributed by atoms with Crippen LogP contribution in [0.2, 0.25) is 16.7 Å². The van der Waals surface area contributed by atoms with Gasteiger partial charge in [-0.2, -0.15) is 0 Å². The van der Waals surface area contributed by atoms with Crippen LogP contribution < -0.4 is 0 Å². The first-order chi connectivity index (χ1) is 13.8. The van der Waals surface area contributed by atoms with Crippen molar-refractivity contribution in [1.29, 1.82) is 0 Å². The van der Waals surface area contributed by atoms with E-state index in [4.69, 9.17) is 0 Å². The molecule has 2 aliphatic rings. The predicted octanol–water partition coefficient (Wildman–Crippen LogP) is 7.83. The molecule has 0 spiro atoms. The number of fused-ring (bicyclic) bond motifs is 1. The molecule has 2 aromatic carbocycles. The van der Waals surface area contributed by atoms with Crippen LogP contribution in [-0.4, -0.2) is 5.43 Å². The van der Waals surface area contributed by atoms with E-state index >= 15 is 0 Å². The molecule has 0 radical (unpaired) electrons. The van der Waals surface area contributed by atoms with E-state index in [1.807, 2.05) is 0 Å². The van der Waals surface area contributed by atoms with Crippen LogP contribution in [0.25, 0.3) is 5.57 Å². The molecule has 0 aromatic heterocycles. The van der Waals surface area contributed by atoms with Crippen molar-refractivity contribution in [2.24, 2.45) is 0 Å². The van der Waals surface area contributed by atoms with E-state index in [1.54, 1.807) is 27.9 Å². The Labute approximate surface area is 184 Å². The summed E-state index contributed by atoms with van der Waals surface area (Å²) >= 11 is -1.85. The molecule has 2 aliphatic carbocycles. The van der Waals surface area contributed by atoms with Gasteiger partial charge in [0.1, 0.15) is 0 Å². The van der Waals surface area contributed by atoms with Crippen LogP contribution in [0.1, 0.15) is 53.6 Å². The third-order valence-electron chi connectivity index (χ3n) is 7.19. The van der Waals surface area contributed by atoms with Gasteiger partial charge in [0.05, 0.1) is 0 Å². The van der Waals surface area contributed by atoms with E-state index in [0.717, 1.165) is 3.63 Å². The summed E-state index contributed by atoms with van der Waals surface area (Å²) in [5.41, 5.74) is 13.6. The zero-order chi connectivity index (χ0) is 20.9. The molecule has 0 fully saturated rings. The summed E-state index contributed by atoms with van der Waals surface area (Å²) in [7, 11) is 0. The Morgan fingerprint density at radius 1 is 0.724 bits per heavy atom. The summed E-state index contributed by atoms with van der Waals surface area (Å²) < 4.78 is 1.48. The predicted molar refractivity (Wildman–Crippen MR) is 125 cm³/mol. The van der Waals surface area contributed by atoms with Crippen molar-refractivity contribution < 1.29 is 20.4 Å². The fourth-order valence-corrected chi connectivity index (χ4v) is 25.9. The Morgan fingerprint density at radius 3 is 1.86 bits per heavy atom. The van der Waals surface area contributed by atoms with E-state index in [0.29, 0.717) is 3.63 Å². The third kappa shape index (κ3) is 3.47. The van der Waals surface area contributed by atoms with Crippen LogP contribution in [0, 0.1) is 6.92 Å². The van der Waals surface area contributed by atoms with Crippen LogP contribution in [0.5, 0.6) is 0 Å². The Hall–Kier alpha value is -1.24. The topological polar surface area (TPSA) is 0 Å². The molecule has 2 aromatic rings. The average molecular weight is 476 g/mol. The molecule has 0 saturated heterocycles. The first-order valence-electron chi connectivity index (χ1n) is 10.7. The van der Waals surface area contributed by atoms with Gasteiger partial charge in [0, 0.05) is 0 Å². The molecule has 0 aliphatic heterocycles. The quantitative estimate of drug-likeness (QED) is 0.397. The Bertz CT molecular complexity index is 1100. The molecule has 29 heavy (non-hydrogen) atoms. The zero-order valence-electron chi connectivity index (χ0n) is 18.9. The van der Waals surface area contributed by atoms with E-state index in [9.17, 15) is 0 Å². The van der Waals surface area contributed by atoms with Crippen molar-refractivity contribution in [3.8, 4) is 0 Å². The van der Waals surface area contributed by atoms with Crippen molar-refractivity contribution >= 4 is 11.0 Å². The van der Waals surface area contributed by atoms with Gasteiger partial charge >= 0.3 is 185 Å². The van der Waals surface area contributed by atoms with Gasteiger partial charge in [-0.3, -0.25) is 0 Å². The minimum absolute atomic E-state index is 0.323. The fourth-order valence-electron chi connectivity index (χ4n) is 5.32. The zero-order valence-corrected chi connectivity index (χ0v) is 22.3. The fraction of sp³-hybridized carbons (Fsp3) is 0.333. The number of aryl methyl sites for hydroxylation is 1. The van der Waals surface area contributed by atoms with Gasteiger partial charge in [-0.05, 0) is 0 Å². The standard InChI is InChI=1S/C16H13.C9H13.C2H6Si.Zr/c1-12-6-2-4-8-14(12)16-11-10-13-7-3-5-9-15(13)16;1-6-5-7(2)9(4)8(6)3;1-3-2;/h2-11H,1H3;5H,1-4H3;1-2H3;. The van der Waals surface area contributed by atoms with Crippen molar-refractivity contribution in [2.45, 2.75) is 55.0 Å². The molecule has 148 valence electrons. The van der Waals surface area contributed by atoms with Crippen molar-refractivity contribution in [2.75, 3.05) is 0 Å². The maximum absolute atomic E-state index is 2.70. The van der Waals surface area contributed by atoms with Gasteiger partial charge in [-0.25, -0.2) is 0 Å². The summed E-state index contributed by atoms with van der Waals surface area (Å²) in [6.45, 7) is 17.0. The number of allylic oxidation sites excluding steroid dienone is 5. The third-order valence-corrected chi connectivity index (χ3v) is 26.9. The molecular weight excluding hydrogens is 444 g/mol. The van der Waals surface area contributed by atoms with E-state index in [-0.39, 0.29) is 5.43 Å². The molecule has 0 nitrogen and oxygen atoms in total. The maximum atomic E-state index is 2.70. The van der Waals surface area contributed by atoms with E-state index < -0.39 is 20.4 Å². The summed E-state index contributed by atoms with van der Waals surface area (Å²) in [5.74, 6) is 0. The molecule has 0 bridgehead atoms. The molecular formula is C27H32SiZr. The van der Waals surface area contributed by atoms with Crippen LogP contribution in [-0.2, 0) is 20.4 Å². The molecule has 1 atom stereocenters. The van der Waals surface area contributed by atoms with Gasteiger partial charge < -0.3 is 0 Å². The summed E-state index contributed by atoms with van der Waals surface area (Å²) in [4.78, 5) is 0. The second-order valence-corrected chi connectivity index (χ2v) is 26.9. The summed E-state index contributed by atoms with van der Waals surface area (Å²) in [6.07, 6.45) is 2.70. The van der Waals surface area contributed by atoms with Gasteiger partial charge in [0.25, 0.3) is 0 Å². The summed E-state index contributed by atoms with van der Waals surface area (Å²) in [6, 6.07) is 18.2. The van der Waals surface area contributed by atoms with E-state index in [2.05, 4.69) is 102 Å². The molecule has 0 heterocycles. The molecule has 1 unspecified atom stereocenters. The minimum atomic E-state index is -1.85. The van der Waals surface area contributed by atoms with Gasteiger partial charge in [-0.15, -0.1) is 0 Å². The van der Waals surface area contributed by atoms with Gasteiger partial charge in [-0.1, -0.05) is 0 Å². The second-order valence-electron chi connectivity index (χ2n) is 8.96. The number of rotatable bonds is 3. The van der Waals surface area contributed by atoms with Crippen molar-refractivity contribution in [3.63, 3.8) is 0 Å². The first kappa shape index (κ1) is 21.0. The monoisotopic (exact) mass is 474 g/mol. The SMILES string of the molecule is CC1=C(C)[CH]([Zr]([CH]2C=C(c3ccccc3C)c3ccccc32)=[Si](C)C)C(C)=C1C. The molecule has 4 rings (SSSR count). The van der Waals surface area contributed by atoms with Gasteiger partial charge in [0.2, 0.25) is 0 Å². The van der Waals surface area contributed by atoms with E-state index in [1.165, 1.54) is 22.3 Å². The van der Waals surface area contributed by atoms with Gasteiger partial charge in [0.15, 0.2) is 0 Å². The molecule has 0 saturated carbocycles. The van der Waals surface area contributed by atoms with Crippen LogP contribution >= 0.6 is 0 Å². The van der Waals surface area contributed by atoms with Crippen molar-refractivity contribution in [1.82, 2.24) is 0 Å². The molecule has 0 N–H and O–H groups in total. The number of benzene rings is 2. The number of hydrogen-bond acceptors (Lipinski definition) is 0. The van der Waals surface area contributed by atoms with Crippen LogP contribution in [0.15, 0.2) is 76.9 Å². The Morgan fingerprint density at radius 2 is 1.28 bits per heavy atom. The number of hydrogen-bond donors (Lipinski definition) is 0. The Kier molecular flexibility index (Phi) is 5.88. The van der Waals surface area contributed by atoms with Crippen LogP contribution in [0.4, 0.5) is 0 Å². The summed E-state index contributed by atoms with van der Waals surface area (Å²) in [5, 5.41) is 0. The first-order valence-corrected chi connectivity index (χ1v) is 19.7. The second kappa shape index (κ2) is 8.12. The molecule has 2 heteroatoms. The van der Waals surface area contributed by atoms with Crippen molar-refractivity contribution in [3.05, 3.63) is 99.2 Å². The Balaban J connectivity index is 1.92.